The van der Waals surface area contributed by atoms with E-state index < -0.39 is 24.5 Å². The number of hydrogen-bond donors (Lipinski definition) is 3. The van der Waals surface area contributed by atoms with Gasteiger partial charge in [0.05, 0.1) is 17.7 Å². The predicted molar refractivity (Wildman–Crippen MR) is 103 cm³/mol. The van der Waals surface area contributed by atoms with Crippen molar-refractivity contribution in [2.75, 3.05) is 6.61 Å². The average molecular weight is 384 g/mol. The molecule has 0 bridgehead atoms. The van der Waals surface area contributed by atoms with Crippen LogP contribution in [0.4, 0.5) is 0 Å². The van der Waals surface area contributed by atoms with Crippen LogP contribution in [-0.2, 0) is 11.3 Å². The van der Waals surface area contributed by atoms with Crippen LogP contribution in [0.1, 0.15) is 15.9 Å². The number of aliphatic hydroxyl groups is 1. The van der Waals surface area contributed by atoms with Crippen LogP contribution in [0, 0.1) is 0 Å². The number of nitrogens with one attached hydrogen (secondary N) is 2. The fourth-order valence-electron chi connectivity index (χ4n) is 2.55. The Kier molecular flexibility index (Phi) is 6.01. The summed E-state index contributed by atoms with van der Waals surface area (Å²) < 4.78 is 0. The van der Waals surface area contributed by atoms with Crippen LogP contribution in [0.15, 0.2) is 60.8 Å². The Labute approximate surface area is 161 Å². The summed E-state index contributed by atoms with van der Waals surface area (Å²) in [6.07, 6.45) is 1.44. The van der Waals surface area contributed by atoms with Crippen LogP contribution < -0.4 is 10.6 Å². The number of pyridine rings is 1. The summed E-state index contributed by atoms with van der Waals surface area (Å²) in [4.78, 5) is 28.9. The molecule has 0 spiro atoms. The van der Waals surface area contributed by atoms with Crippen LogP contribution in [-0.4, -0.2) is 34.6 Å². The molecule has 138 valence electrons. The van der Waals surface area contributed by atoms with E-state index in [1.807, 2.05) is 24.3 Å². The summed E-state index contributed by atoms with van der Waals surface area (Å²) in [7, 11) is 0. The van der Waals surface area contributed by atoms with E-state index >= 15 is 0 Å². The Bertz CT molecular complexity index is 960. The summed E-state index contributed by atoms with van der Waals surface area (Å²) in [5, 5.41) is 16.1. The highest BCUT2D eigenvalue weighted by molar-refractivity contribution is 6.30. The topological polar surface area (TPSA) is 91.3 Å². The van der Waals surface area contributed by atoms with E-state index in [9.17, 15) is 14.7 Å². The van der Waals surface area contributed by atoms with E-state index in [0.717, 1.165) is 16.5 Å². The normalized spacial score (nSPS) is 11.8. The van der Waals surface area contributed by atoms with Crippen molar-refractivity contribution in [2.24, 2.45) is 0 Å². The third-order valence-corrected chi connectivity index (χ3v) is 4.29. The summed E-state index contributed by atoms with van der Waals surface area (Å²) in [6, 6.07) is 15.1. The van der Waals surface area contributed by atoms with E-state index in [0.29, 0.717) is 10.6 Å². The number of carbonyl (C=O) groups excluding carboxylic acids is 2. The third-order valence-electron chi connectivity index (χ3n) is 4.04. The largest absolute Gasteiger partial charge is 0.394 e. The number of para-hydroxylation sites is 1. The molecule has 1 atom stereocenters. The van der Waals surface area contributed by atoms with Crippen molar-refractivity contribution < 1.29 is 14.7 Å². The minimum Gasteiger partial charge on any atom is -0.394 e. The van der Waals surface area contributed by atoms with E-state index in [4.69, 9.17) is 11.6 Å². The van der Waals surface area contributed by atoms with Gasteiger partial charge in [0.25, 0.3) is 5.91 Å². The van der Waals surface area contributed by atoms with Gasteiger partial charge in [0.15, 0.2) is 0 Å². The van der Waals surface area contributed by atoms with E-state index in [1.165, 1.54) is 6.20 Å². The van der Waals surface area contributed by atoms with Gasteiger partial charge in [-0.3, -0.25) is 14.6 Å². The van der Waals surface area contributed by atoms with Crippen LogP contribution in [0.25, 0.3) is 10.9 Å². The van der Waals surface area contributed by atoms with Gasteiger partial charge in [-0.2, -0.15) is 0 Å². The van der Waals surface area contributed by atoms with Crippen molar-refractivity contribution in [3.05, 3.63) is 76.9 Å². The lowest BCUT2D eigenvalue weighted by molar-refractivity contribution is -0.124. The summed E-state index contributed by atoms with van der Waals surface area (Å²) in [6.45, 7) is -0.251. The molecule has 0 aliphatic heterocycles. The molecule has 0 saturated heterocycles. The van der Waals surface area contributed by atoms with Gasteiger partial charge in [-0.15, -0.1) is 0 Å². The number of hydrogen-bond acceptors (Lipinski definition) is 4. The van der Waals surface area contributed by atoms with Crippen molar-refractivity contribution in [3.63, 3.8) is 0 Å². The van der Waals surface area contributed by atoms with Gasteiger partial charge in [-0.05, 0) is 29.8 Å². The number of benzene rings is 2. The molecule has 0 saturated carbocycles. The first-order valence-corrected chi connectivity index (χ1v) is 8.73. The number of nitrogens with zero attached hydrogens (tertiary/aromatic N) is 1. The SMILES string of the molecule is O=C(NC(CO)C(=O)NCc1ccc(Cl)cc1)c1cnc2ccccc2c1. The van der Waals surface area contributed by atoms with Gasteiger partial charge in [0, 0.05) is 23.2 Å². The van der Waals surface area contributed by atoms with E-state index in [2.05, 4.69) is 15.6 Å². The zero-order valence-corrected chi connectivity index (χ0v) is 15.1. The maximum atomic E-state index is 12.4. The lowest BCUT2D eigenvalue weighted by Crippen LogP contribution is -2.48. The molecule has 0 fully saturated rings. The van der Waals surface area contributed by atoms with Crippen molar-refractivity contribution >= 4 is 34.3 Å². The van der Waals surface area contributed by atoms with Crippen molar-refractivity contribution in [3.8, 4) is 0 Å². The number of aliphatic hydroxyl groups excluding tert-OH is 1. The molecule has 1 heterocycles. The molecule has 0 aliphatic rings. The molecule has 3 aromatic rings. The maximum Gasteiger partial charge on any atom is 0.253 e. The minimum atomic E-state index is -1.06. The molecule has 0 aliphatic carbocycles. The van der Waals surface area contributed by atoms with E-state index in [1.54, 1.807) is 30.3 Å². The first-order chi connectivity index (χ1) is 13.1. The zero-order valence-electron chi connectivity index (χ0n) is 14.4. The van der Waals surface area contributed by atoms with Gasteiger partial charge in [0.1, 0.15) is 6.04 Å². The Balaban J connectivity index is 1.63. The molecular weight excluding hydrogens is 366 g/mol. The van der Waals surface area contributed by atoms with Crippen LogP contribution >= 0.6 is 11.6 Å². The van der Waals surface area contributed by atoms with Gasteiger partial charge >= 0.3 is 0 Å². The van der Waals surface area contributed by atoms with Gasteiger partial charge < -0.3 is 15.7 Å². The molecule has 1 aromatic heterocycles. The Morgan fingerprint density at radius 1 is 1.11 bits per heavy atom. The molecule has 27 heavy (non-hydrogen) atoms. The lowest BCUT2D eigenvalue weighted by Gasteiger charge is -2.16. The van der Waals surface area contributed by atoms with Crippen LogP contribution in [0.5, 0.6) is 0 Å². The number of rotatable bonds is 6. The molecule has 0 radical (unpaired) electrons. The second kappa shape index (κ2) is 8.62. The summed E-state index contributed by atoms with van der Waals surface area (Å²) in [5.41, 5.74) is 1.95. The summed E-state index contributed by atoms with van der Waals surface area (Å²) >= 11 is 5.83. The molecule has 1 unspecified atom stereocenters. The van der Waals surface area contributed by atoms with Gasteiger partial charge in [-0.1, -0.05) is 41.9 Å². The molecule has 3 rings (SSSR count). The molecule has 7 heteroatoms. The number of halogens is 1. The van der Waals surface area contributed by atoms with Crippen molar-refractivity contribution in [2.45, 2.75) is 12.6 Å². The molecule has 2 amide bonds. The third kappa shape index (κ3) is 4.81. The fourth-order valence-corrected chi connectivity index (χ4v) is 2.67. The van der Waals surface area contributed by atoms with Crippen molar-refractivity contribution in [1.29, 1.82) is 0 Å². The Morgan fingerprint density at radius 2 is 1.85 bits per heavy atom. The first kappa shape index (κ1) is 18.8. The first-order valence-electron chi connectivity index (χ1n) is 8.35. The molecule has 6 nitrogen and oxygen atoms in total. The number of fused-ring (bicyclic) bond motifs is 1. The van der Waals surface area contributed by atoms with Crippen LogP contribution in [0.2, 0.25) is 5.02 Å². The number of carbonyl (C=O) groups is 2. The standard InChI is InChI=1S/C20H18ClN3O3/c21-16-7-5-13(6-8-16)10-23-20(27)18(12-25)24-19(26)15-9-14-3-1-2-4-17(14)22-11-15/h1-9,11,18,25H,10,12H2,(H,23,27)(H,24,26). The molecular formula is C20H18ClN3O3. The average Bonchev–Trinajstić information content (AvgIpc) is 2.70. The monoisotopic (exact) mass is 383 g/mol. The van der Waals surface area contributed by atoms with Gasteiger partial charge in [0.2, 0.25) is 5.91 Å². The highest BCUT2D eigenvalue weighted by Gasteiger charge is 2.20. The lowest BCUT2D eigenvalue weighted by atomic mass is 10.1. The fraction of sp³-hybridized carbons (Fsp3) is 0.150. The number of amides is 2. The summed E-state index contributed by atoms with van der Waals surface area (Å²) in [5.74, 6) is -0.955. The second-order valence-electron chi connectivity index (χ2n) is 5.97. The quantitative estimate of drug-likeness (QED) is 0.609. The smallest absolute Gasteiger partial charge is 0.253 e. The predicted octanol–water partition coefficient (Wildman–Crippen LogP) is 2.30. The van der Waals surface area contributed by atoms with E-state index in [-0.39, 0.29) is 6.54 Å². The van der Waals surface area contributed by atoms with Crippen molar-refractivity contribution in [1.82, 2.24) is 15.6 Å². The maximum absolute atomic E-state index is 12.4. The Hall–Kier alpha value is -2.96. The highest BCUT2D eigenvalue weighted by Crippen LogP contribution is 2.13. The Morgan fingerprint density at radius 3 is 2.59 bits per heavy atom. The minimum absolute atomic E-state index is 0.264. The highest BCUT2D eigenvalue weighted by atomic mass is 35.5. The number of aromatic nitrogens is 1. The van der Waals surface area contributed by atoms with Crippen LogP contribution in [0.3, 0.4) is 0 Å². The second-order valence-corrected chi connectivity index (χ2v) is 6.41. The zero-order chi connectivity index (χ0) is 19.2. The molecule has 2 aromatic carbocycles. The van der Waals surface area contributed by atoms with Gasteiger partial charge in [-0.25, -0.2) is 0 Å². The molecule has 3 N–H and O–H groups in total.